The van der Waals surface area contributed by atoms with E-state index in [0.29, 0.717) is 31.8 Å². The zero-order valence-corrected chi connectivity index (χ0v) is 14.6. The van der Waals surface area contributed by atoms with Crippen LogP contribution in [0.1, 0.15) is 20.3 Å². The Labute approximate surface area is 137 Å². The lowest BCUT2D eigenvalue weighted by Gasteiger charge is -2.31. The standard InChI is InChI=1S/C16H28N2O3S/c1-6-9-18(10-7-2)12-16(3,4)15(21)17-13(14(19)20)8-11-22-5/h6-7,13H,1-2,8-12H2,3-5H3,(H,17,21)(H,19,20). The number of aliphatic carboxylic acids is 1. The number of thioether (sulfide) groups is 1. The lowest BCUT2D eigenvalue weighted by Crippen LogP contribution is -2.50. The van der Waals surface area contributed by atoms with Crippen molar-refractivity contribution in [1.29, 1.82) is 0 Å². The van der Waals surface area contributed by atoms with Crippen LogP contribution in [0.15, 0.2) is 25.3 Å². The van der Waals surface area contributed by atoms with Gasteiger partial charge in [0.05, 0.1) is 5.41 Å². The first-order valence-corrected chi connectivity index (χ1v) is 8.64. The van der Waals surface area contributed by atoms with Gasteiger partial charge in [-0.3, -0.25) is 9.69 Å². The van der Waals surface area contributed by atoms with Crippen LogP contribution >= 0.6 is 11.8 Å². The summed E-state index contributed by atoms with van der Waals surface area (Å²) in [5.41, 5.74) is -0.695. The van der Waals surface area contributed by atoms with Crippen LogP contribution in [0.3, 0.4) is 0 Å². The van der Waals surface area contributed by atoms with Crippen LogP contribution in [0.5, 0.6) is 0 Å². The maximum Gasteiger partial charge on any atom is 0.326 e. The highest BCUT2D eigenvalue weighted by molar-refractivity contribution is 7.98. The summed E-state index contributed by atoms with van der Waals surface area (Å²) in [7, 11) is 0. The van der Waals surface area contributed by atoms with Crippen LogP contribution < -0.4 is 5.32 Å². The Morgan fingerprint density at radius 3 is 2.27 bits per heavy atom. The minimum absolute atomic E-state index is 0.251. The van der Waals surface area contributed by atoms with Gasteiger partial charge in [0.25, 0.3) is 0 Å². The van der Waals surface area contributed by atoms with Gasteiger partial charge in [-0.1, -0.05) is 12.2 Å². The molecule has 0 aromatic rings. The second-order valence-electron chi connectivity index (χ2n) is 5.80. The summed E-state index contributed by atoms with van der Waals surface area (Å²) in [6.45, 7) is 12.8. The molecule has 126 valence electrons. The van der Waals surface area contributed by atoms with E-state index in [2.05, 4.69) is 18.5 Å². The lowest BCUT2D eigenvalue weighted by atomic mass is 9.90. The second-order valence-corrected chi connectivity index (χ2v) is 6.79. The van der Waals surface area contributed by atoms with Gasteiger partial charge in [-0.15, -0.1) is 13.2 Å². The van der Waals surface area contributed by atoms with Crippen molar-refractivity contribution in [2.45, 2.75) is 26.3 Å². The van der Waals surface area contributed by atoms with Gasteiger partial charge in [0.2, 0.25) is 5.91 Å². The summed E-state index contributed by atoms with van der Waals surface area (Å²) in [5.74, 6) is -0.553. The SMILES string of the molecule is C=CCN(CC=C)CC(C)(C)C(=O)NC(CCSC)C(=O)O. The van der Waals surface area contributed by atoms with Gasteiger partial charge in [0.15, 0.2) is 0 Å². The molecule has 0 radical (unpaired) electrons. The molecule has 0 spiro atoms. The van der Waals surface area contributed by atoms with E-state index >= 15 is 0 Å². The summed E-state index contributed by atoms with van der Waals surface area (Å²) in [4.78, 5) is 25.7. The fourth-order valence-electron chi connectivity index (χ4n) is 2.05. The first-order valence-electron chi connectivity index (χ1n) is 7.25. The monoisotopic (exact) mass is 328 g/mol. The highest BCUT2D eigenvalue weighted by atomic mass is 32.2. The first-order chi connectivity index (χ1) is 10.3. The average Bonchev–Trinajstić information content (AvgIpc) is 2.42. The van der Waals surface area contributed by atoms with Gasteiger partial charge in [-0.25, -0.2) is 4.79 Å². The number of rotatable bonds is 12. The number of carboxylic acids is 1. The first kappa shape index (κ1) is 20.7. The largest absolute Gasteiger partial charge is 0.480 e. The van der Waals surface area contributed by atoms with Crippen LogP contribution in [0.2, 0.25) is 0 Å². The van der Waals surface area contributed by atoms with Crippen LogP contribution in [0.25, 0.3) is 0 Å². The van der Waals surface area contributed by atoms with E-state index in [1.165, 1.54) is 0 Å². The number of carbonyl (C=O) groups is 2. The van der Waals surface area contributed by atoms with E-state index in [4.69, 9.17) is 0 Å². The third kappa shape index (κ3) is 7.66. The highest BCUT2D eigenvalue weighted by Crippen LogP contribution is 2.18. The van der Waals surface area contributed by atoms with Gasteiger partial charge in [-0.2, -0.15) is 11.8 Å². The molecule has 0 heterocycles. The van der Waals surface area contributed by atoms with Crippen molar-refractivity contribution in [3.05, 3.63) is 25.3 Å². The number of amides is 1. The van der Waals surface area contributed by atoms with Crippen molar-refractivity contribution >= 4 is 23.6 Å². The van der Waals surface area contributed by atoms with Crippen LogP contribution in [0.4, 0.5) is 0 Å². The van der Waals surface area contributed by atoms with Gasteiger partial charge in [0.1, 0.15) is 6.04 Å². The van der Waals surface area contributed by atoms with Crippen molar-refractivity contribution in [3.63, 3.8) is 0 Å². The smallest absolute Gasteiger partial charge is 0.326 e. The topological polar surface area (TPSA) is 69.6 Å². The van der Waals surface area contributed by atoms with E-state index in [-0.39, 0.29) is 5.91 Å². The summed E-state index contributed by atoms with van der Waals surface area (Å²) in [5, 5.41) is 11.9. The molecule has 0 fully saturated rings. The normalized spacial score (nSPS) is 12.7. The number of nitrogens with zero attached hydrogens (tertiary/aromatic N) is 1. The highest BCUT2D eigenvalue weighted by Gasteiger charge is 2.32. The molecule has 0 aliphatic heterocycles. The van der Waals surface area contributed by atoms with Crippen molar-refractivity contribution in [3.8, 4) is 0 Å². The van der Waals surface area contributed by atoms with Crippen LogP contribution in [-0.2, 0) is 9.59 Å². The summed E-state index contributed by atoms with van der Waals surface area (Å²) >= 11 is 1.56. The zero-order valence-electron chi connectivity index (χ0n) is 13.8. The van der Waals surface area contributed by atoms with Gasteiger partial charge in [-0.05, 0) is 32.3 Å². The molecular weight excluding hydrogens is 300 g/mol. The molecule has 22 heavy (non-hydrogen) atoms. The van der Waals surface area contributed by atoms with E-state index in [0.717, 1.165) is 0 Å². The average molecular weight is 328 g/mol. The molecule has 0 aromatic heterocycles. The Morgan fingerprint density at radius 2 is 1.86 bits per heavy atom. The summed E-state index contributed by atoms with van der Waals surface area (Å²) in [6, 6.07) is -0.841. The predicted molar refractivity (Wildman–Crippen MR) is 93.2 cm³/mol. The molecule has 0 aliphatic rings. The number of carboxylic acid groups (broad SMARTS) is 1. The minimum atomic E-state index is -0.993. The van der Waals surface area contributed by atoms with E-state index in [9.17, 15) is 14.7 Å². The molecule has 0 bridgehead atoms. The summed E-state index contributed by atoms with van der Waals surface area (Å²) in [6.07, 6.45) is 5.88. The molecule has 0 saturated heterocycles. The molecular formula is C16H28N2O3S. The maximum absolute atomic E-state index is 12.4. The van der Waals surface area contributed by atoms with Gasteiger partial charge < -0.3 is 10.4 Å². The minimum Gasteiger partial charge on any atom is -0.480 e. The van der Waals surface area contributed by atoms with Gasteiger partial charge >= 0.3 is 5.97 Å². The fourth-order valence-corrected chi connectivity index (χ4v) is 2.52. The predicted octanol–water partition coefficient (Wildman–Crippen LogP) is 2.01. The lowest BCUT2D eigenvalue weighted by molar-refractivity contribution is -0.143. The van der Waals surface area contributed by atoms with Crippen LogP contribution in [-0.4, -0.2) is 59.6 Å². The fraction of sp³-hybridized carbons (Fsp3) is 0.625. The second kappa shape index (κ2) is 10.5. The molecule has 0 saturated carbocycles. The quantitative estimate of drug-likeness (QED) is 0.536. The molecule has 6 heteroatoms. The number of hydrogen-bond donors (Lipinski definition) is 2. The van der Waals surface area contributed by atoms with E-state index in [1.54, 1.807) is 23.9 Å². The Bertz CT molecular complexity index is 387. The molecule has 0 rings (SSSR count). The van der Waals surface area contributed by atoms with Crippen molar-refractivity contribution in [2.75, 3.05) is 31.6 Å². The maximum atomic E-state index is 12.4. The molecule has 1 unspecified atom stereocenters. The third-order valence-corrected chi connectivity index (χ3v) is 3.87. The van der Waals surface area contributed by atoms with Crippen LogP contribution in [0, 0.1) is 5.41 Å². The third-order valence-electron chi connectivity index (χ3n) is 3.22. The van der Waals surface area contributed by atoms with Crippen molar-refractivity contribution in [1.82, 2.24) is 10.2 Å². The molecule has 0 aromatic carbocycles. The van der Waals surface area contributed by atoms with E-state index < -0.39 is 17.4 Å². The molecule has 2 N–H and O–H groups in total. The summed E-state index contributed by atoms with van der Waals surface area (Å²) < 4.78 is 0. The van der Waals surface area contributed by atoms with E-state index in [1.807, 2.05) is 25.0 Å². The molecule has 0 aliphatic carbocycles. The Balaban J connectivity index is 4.78. The molecule has 1 amide bonds. The number of nitrogens with one attached hydrogen (secondary N) is 1. The Morgan fingerprint density at radius 1 is 1.32 bits per heavy atom. The number of hydrogen-bond acceptors (Lipinski definition) is 4. The Kier molecular flexibility index (Phi) is 9.85. The zero-order chi connectivity index (χ0) is 17.2. The Hall–Kier alpha value is -1.27. The van der Waals surface area contributed by atoms with Gasteiger partial charge in [0, 0.05) is 19.6 Å². The van der Waals surface area contributed by atoms with Crippen molar-refractivity contribution < 1.29 is 14.7 Å². The van der Waals surface area contributed by atoms with Crippen molar-refractivity contribution in [2.24, 2.45) is 5.41 Å². The number of carbonyl (C=O) groups excluding carboxylic acids is 1. The molecule has 5 nitrogen and oxygen atoms in total. The molecule has 1 atom stereocenters.